The van der Waals surface area contributed by atoms with Crippen LogP contribution in [-0.2, 0) is 6.42 Å². The molecule has 0 aromatic heterocycles. The minimum atomic E-state index is -0.782. The van der Waals surface area contributed by atoms with Crippen molar-refractivity contribution >= 4 is 0 Å². The lowest BCUT2D eigenvalue weighted by Gasteiger charge is -2.29. The van der Waals surface area contributed by atoms with Gasteiger partial charge in [-0.3, -0.25) is 0 Å². The number of benzene rings is 1. The molecule has 1 saturated carbocycles. The van der Waals surface area contributed by atoms with E-state index >= 15 is 0 Å². The Morgan fingerprint density at radius 2 is 1.84 bits per heavy atom. The summed E-state index contributed by atoms with van der Waals surface area (Å²) in [7, 11) is 0. The van der Waals surface area contributed by atoms with Gasteiger partial charge in [0, 0.05) is 5.54 Å². The predicted molar refractivity (Wildman–Crippen MR) is 73.8 cm³/mol. The third-order valence-corrected chi connectivity index (χ3v) is 4.40. The molecule has 1 aliphatic carbocycles. The molecule has 1 aromatic carbocycles. The van der Waals surface area contributed by atoms with E-state index in [0.717, 1.165) is 38.2 Å². The van der Waals surface area contributed by atoms with Crippen molar-refractivity contribution in [3.8, 4) is 0 Å². The van der Waals surface area contributed by atoms with Crippen molar-refractivity contribution in [1.29, 1.82) is 0 Å². The third kappa shape index (κ3) is 3.53. The Kier molecular flexibility index (Phi) is 3.95. The average Bonchev–Trinajstić information content (AvgIpc) is 2.45. The predicted octanol–water partition coefficient (Wildman–Crippen LogP) is 4.20. The van der Waals surface area contributed by atoms with Crippen LogP contribution in [0.3, 0.4) is 0 Å². The van der Waals surface area contributed by atoms with E-state index in [1.54, 1.807) is 12.1 Å². The summed E-state index contributed by atoms with van der Waals surface area (Å²) in [4.78, 5) is 0. The second-order valence-electron chi connectivity index (χ2n) is 6.77. The van der Waals surface area contributed by atoms with Gasteiger partial charge in [0.15, 0.2) is 11.6 Å². The molecule has 2 N–H and O–H groups in total. The van der Waals surface area contributed by atoms with Crippen molar-refractivity contribution in [3.63, 3.8) is 0 Å². The standard InChI is InChI=1S/C16H23F2N/c1-15(2)7-4-8-16(19,10-9-15)11-12-5-3-6-13(17)14(12)18/h3,5-6H,4,7-11,19H2,1-2H3. The zero-order valence-electron chi connectivity index (χ0n) is 11.8. The summed E-state index contributed by atoms with van der Waals surface area (Å²) < 4.78 is 27.0. The van der Waals surface area contributed by atoms with Crippen molar-refractivity contribution in [3.05, 3.63) is 35.4 Å². The molecule has 0 aliphatic heterocycles. The Morgan fingerprint density at radius 1 is 1.11 bits per heavy atom. The lowest BCUT2D eigenvalue weighted by atomic mass is 9.81. The average molecular weight is 267 g/mol. The van der Waals surface area contributed by atoms with E-state index in [4.69, 9.17) is 5.73 Å². The van der Waals surface area contributed by atoms with Crippen LogP contribution < -0.4 is 5.73 Å². The van der Waals surface area contributed by atoms with Gasteiger partial charge in [-0.15, -0.1) is 0 Å². The lowest BCUT2D eigenvalue weighted by Crippen LogP contribution is -2.42. The van der Waals surface area contributed by atoms with Gasteiger partial charge in [-0.25, -0.2) is 8.78 Å². The maximum Gasteiger partial charge on any atom is 0.162 e. The molecule has 1 nitrogen and oxygen atoms in total. The van der Waals surface area contributed by atoms with Crippen LogP contribution in [0.2, 0.25) is 0 Å². The quantitative estimate of drug-likeness (QED) is 0.799. The van der Waals surface area contributed by atoms with E-state index < -0.39 is 17.2 Å². The van der Waals surface area contributed by atoms with Crippen LogP contribution in [-0.4, -0.2) is 5.54 Å². The maximum atomic E-state index is 13.7. The summed E-state index contributed by atoms with van der Waals surface area (Å²) in [6.07, 6.45) is 5.42. The molecule has 0 bridgehead atoms. The highest BCUT2D eigenvalue weighted by atomic mass is 19.2. The van der Waals surface area contributed by atoms with E-state index in [1.807, 2.05) is 0 Å². The molecule has 0 heterocycles. The van der Waals surface area contributed by atoms with Gasteiger partial charge in [0.2, 0.25) is 0 Å². The Morgan fingerprint density at radius 3 is 2.58 bits per heavy atom. The van der Waals surface area contributed by atoms with Crippen molar-refractivity contribution in [2.24, 2.45) is 11.1 Å². The molecule has 0 spiro atoms. The van der Waals surface area contributed by atoms with Gasteiger partial charge in [0.1, 0.15) is 0 Å². The van der Waals surface area contributed by atoms with Crippen LogP contribution in [0.1, 0.15) is 51.5 Å². The largest absolute Gasteiger partial charge is 0.325 e. The van der Waals surface area contributed by atoms with E-state index in [9.17, 15) is 8.78 Å². The molecule has 106 valence electrons. The van der Waals surface area contributed by atoms with Crippen LogP contribution in [0.15, 0.2) is 18.2 Å². The topological polar surface area (TPSA) is 26.0 Å². The van der Waals surface area contributed by atoms with Crippen LogP contribution in [0.25, 0.3) is 0 Å². The van der Waals surface area contributed by atoms with Gasteiger partial charge < -0.3 is 5.73 Å². The first kappa shape index (κ1) is 14.4. The smallest absolute Gasteiger partial charge is 0.162 e. The second-order valence-corrected chi connectivity index (χ2v) is 6.77. The normalized spacial score (nSPS) is 27.0. The number of hydrogen-bond acceptors (Lipinski definition) is 1. The Bertz CT molecular complexity index is 456. The molecule has 1 fully saturated rings. The minimum Gasteiger partial charge on any atom is -0.325 e. The molecule has 19 heavy (non-hydrogen) atoms. The summed E-state index contributed by atoms with van der Waals surface area (Å²) in [6.45, 7) is 4.50. The van der Waals surface area contributed by atoms with Crippen LogP contribution >= 0.6 is 0 Å². The molecule has 1 atom stereocenters. The summed E-state index contributed by atoms with van der Waals surface area (Å²) in [5, 5.41) is 0. The van der Waals surface area contributed by atoms with Crippen LogP contribution in [0, 0.1) is 17.0 Å². The van der Waals surface area contributed by atoms with E-state index in [1.165, 1.54) is 0 Å². The van der Waals surface area contributed by atoms with Crippen molar-refractivity contribution in [2.75, 3.05) is 0 Å². The number of rotatable bonds is 2. The fourth-order valence-electron chi connectivity index (χ4n) is 3.00. The molecule has 2 rings (SSSR count). The Labute approximate surface area is 114 Å². The third-order valence-electron chi connectivity index (χ3n) is 4.40. The van der Waals surface area contributed by atoms with Crippen molar-refractivity contribution in [2.45, 2.75) is 57.9 Å². The lowest BCUT2D eigenvalue weighted by molar-refractivity contribution is 0.296. The SMILES string of the molecule is CC1(C)CCCC(N)(Cc2cccc(F)c2F)CC1. The summed E-state index contributed by atoms with van der Waals surface area (Å²) >= 11 is 0. The van der Waals surface area contributed by atoms with Gasteiger partial charge in [-0.1, -0.05) is 32.4 Å². The van der Waals surface area contributed by atoms with Crippen molar-refractivity contribution < 1.29 is 8.78 Å². The fraction of sp³-hybridized carbons (Fsp3) is 0.625. The molecular formula is C16H23F2N. The second kappa shape index (κ2) is 5.20. The Balaban J connectivity index is 2.15. The van der Waals surface area contributed by atoms with Gasteiger partial charge in [0.05, 0.1) is 0 Å². The number of halogens is 2. The molecule has 1 aliphatic rings. The van der Waals surface area contributed by atoms with Gasteiger partial charge in [-0.2, -0.15) is 0 Å². The highest BCUT2D eigenvalue weighted by Crippen LogP contribution is 2.38. The monoisotopic (exact) mass is 267 g/mol. The number of nitrogens with two attached hydrogens (primary N) is 1. The molecule has 0 radical (unpaired) electrons. The molecule has 1 unspecified atom stereocenters. The van der Waals surface area contributed by atoms with Crippen LogP contribution in [0.4, 0.5) is 8.78 Å². The summed E-state index contributed by atoms with van der Waals surface area (Å²) in [5.74, 6) is -1.52. The van der Waals surface area contributed by atoms with E-state index in [0.29, 0.717) is 17.4 Å². The zero-order chi connectivity index (χ0) is 14.1. The van der Waals surface area contributed by atoms with Gasteiger partial charge >= 0.3 is 0 Å². The molecule has 3 heteroatoms. The molecular weight excluding hydrogens is 244 g/mol. The first-order valence-corrected chi connectivity index (χ1v) is 7.03. The molecule has 1 aromatic rings. The maximum absolute atomic E-state index is 13.7. The van der Waals surface area contributed by atoms with Crippen LogP contribution in [0.5, 0.6) is 0 Å². The first-order valence-electron chi connectivity index (χ1n) is 7.03. The van der Waals surface area contributed by atoms with E-state index in [-0.39, 0.29) is 0 Å². The van der Waals surface area contributed by atoms with Crippen molar-refractivity contribution in [1.82, 2.24) is 0 Å². The Hall–Kier alpha value is -0.960. The highest BCUT2D eigenvalue weighted by molar-refractivity contribution is 5.21. The minimum absolute atomic E-state index is 0.307. The summed E-state index contributed by atoms with van der Waals surface area (Å²) in [6, 6.07) is 4.35. The molecule has 0 saturated heterocycles. The van der Waals surface area contributed by atoms with Gasteiger partial charge in [0.25, 0.3) is 0 Å². The zero-order valence-corrected chi connectivity index (χ0v) is 11.8. The number of hydrogen-bond donors (Lipinski definition) is 1. The highest BCUT2D eigenvalue weighted by Gasteiger charge is 2.33. The van der Waals surface area contributed by atoms with Gasteiger partial charge in [-0.05, 0) is 49.1 Å². The molecule has 0 amide bonds. The summed E-state index contributed by atoms with van der Waals surface area (Å²) in [5.41, 5.74) is 6.75. The fourth-order valence-corrected chi connectivity index (χ4v) is 3.00. The first-order chi connectivity index (χ1) is 8.81. The van der Waals surface area contributed by atoms with E-state index in [2.05, 4.69) is 13.8 Å².